The quantitative estimate of drug-likeness (QED) is 0.174. The van der Waals surface area contributed by atoms with Crippen molar-refractivity contribution in [3.63, 3.8) is 0 Å². The third-order valence-electron chi connectivity index (χ3n) is 9.67. The van der Waals surface area contributed by atoms with Gasteiger partial charge in [0.1, 0.15) is 11.2 Å². The average molecular weight is 652 g/mol. The first-order chi connectivity index (χ1) is 25.2. The van der Waals surface area contributed by atoms with Crippen LogP contribution in [0.15, 0.2) is 180 Å². The van der Waals surface area contributed by atoms with Gasteiger partial charge in [-0.25, -0.2) is 15.0 Å². The SMILES string of the molecule is c1ccc(-c2cc(-c3ccc(-c4ccc(-c5nc6cc7ccccc7cc6c6oc7ccccc7c56)cc4)cc3)nc(-c3ccccc3)n2)cc1. The number of rotatable bonds is 5. The van der Waals surface area contributed by atoms with Gasteiger partial charge in [0.2, 0.25) is 0 Å². The Kier molecular flexibility index (Phi) is 6.78. The molecule has 0 aliphatic rings. The lowest BCUT2D eigenvalue weighted by Gasteiger charge is -2.11. The van der Waals surface area contributed by atoms with Gasteiger partial charge < -0.3 is 4.42 Å². The highest BCUT2D eigenvalue weighted by Gasteiger charge is 2.18. The zero-order valence-electron chi connectivity index (χ0n) is 27.5. The summed E-state index contributed by atoms with van der Waals surface area (Å²) in [6.45, 7) is 0. The summed E-state index contributed by atoms with van der Waals surface area (Å²) in [4.78, 5) is 15.2. The molecule has 3 heterocycles. The summed E-state index contributed by atoms with van der Waals surface area (Å²) in [5.41, 5.74) is 11.8. The van der Waals surface area contributed by atoms with E-state index in [1.54, 1.807) is 0 Å². The van der Waals surface area contributed by atoms with E-state index in [0.717, 1.165) is 88.7 Å². The molecule has 51 heavy (non-hydrogen) atoms. The molecule has 0 bridgehead atoms. The van der Waals surface area contributed by atoms with Crippen molar-refractivity contribution in [2.24, 2.45) is 0 Å². The Hall–Kier alpha value is -6.91. The number of benzene rings is 7. The van der Waals surface area contributed by atoms with Crippen LogP contribution in [-0.4, -0.2) is 15.0 Å². The molecule has 0 atom stereocenters. The highest BCUT2D eigenvalue weighted by Crippen LogP contribution is 2.41. The van der Waals surface area contributed by atoms with Gasteiger partial charge in [0.25, 0.3) is 0 Å². The number of nitrogens with zero attached hydrogens (tertiary/aromatic N) is 3. The van der Waals surface area contributed by atoms with Crippen LogP contribution in [0.25, 0.3) is 99.9 Å². The average Bonchev–Trinajstić information content (AvgIpc) is 3.61. The lowest BCUT2D eigenvalue weighted by atomic mass is 9.97. The fourth-order valence-corrected chi connectivity index (χ4v) is 7.08. The molecule has 10 rings (SSSR count). The molecule has 0 amide bonds. The second-order valence-corrected chi connectivity index (χ2v) is 12.8. The van der Waals surface area contributed by atoms with Crippen molar-refractivity contribution in [2.75, 3.05) is 0 Å². The van der Waals surface area contributed by atoms with E-state index >= 15 is 0 Å². The molecule has 0 spiro atoms. The van der Waals surface area contributed by atoms with E-state index in [9.17, 15) is 0 Å². The van der Waals surface area contributed by atoms with Crippen molar-refractivity contribution in [3.05, 3.63) is 176 Å². The van der Waals surface area contributed by atoms with Crippen LogP contribution in [0, 0.1) is 0 Å². The number of furan rings is 1. The Morgan fingerprint density at radius 2 is 0.902 bits per heavy atom. The van der Waals surface area contributed by atoms with Crippen LogP contribution in [0.4, 0.5) is 0 Å². The summed E-state index contributed by atoms with van der Waals surface area (Å²) in [7, 11) is 0. The van der Waals surface area contributed by atoms with E-state index in [0.29, 0.717) is 5.82 Å². The van der Waals surface area contributed by atoms with Gasteiger partial charge in [-0.05, 0) is 46.2 Å². The largest absolute Gasteiger partial charge is 0.455 e. The van der Waals surface area contributed by atoms with Crippen LogP contribution in [0.5, 0.6) is 0 Å². The summed E-state index contributed by atoms with van der Waals surface area (Å²) in [6.07, 6.45) is 0. The Bertz CT molecular complexity index is 2820. The number of hydrogen-bond donors (Lipinski definition) is 0. The van der Waals surface area contributed by atoms with Crippen molar-refractivity contribution in [3.8, 4) is 56.3 Å². The summed E-state index contributed by atoms with van der Waals surface area (Å²) < 4.78 is 6.53. The van der Waals surface area contributed by atoms with E-state index in [1.807, 2.05) is 48.5 Å². The first-order valence-electron chi connectivity index (χ1n) is 17.1. The van der Waals surface area contributed by atoms with E-state index in [-0.39, 0.29) is 0 Å². The zero-order chi connectivity index (χ0) is 33.7. The Morgan fingerprint density at radius 3 is 1.59 bits per heavy atom. The minimum Gasteiger partial charge on any atom is -0.455 e. The standard InChI is InChI=1S/C47H29N3O/c1-3-11-32(12-4-1)40-29-41(50-47(49-40)35-13-5-2-6-14-35)33-23-19-30(20-24-33)31-21-25-34(26-22-31)45-44-38-17-9-10-18-43(38)51-46(44)39-27-36-15-7-8-16-37(36)28-42(39)48-45/h1-29H. The molecule has 3 aromatic heterocycles. The number of fused-ring (bicyclic) bond motifs is 6. The van der Waals surface area contributed by atoms with E-state index in [2.05, 4.69) is 127 Å². The molecule has 238 valence electrons. The van der Waals surface area contributed by atoms with Crippen LogP contribution >= 0.6 is 0 Å². The van der Waals surface area contributed by atoms with Crippen LogP contribution in [0.3, 0.4) is 0 Å². The third kappa shape index (κ3) is 5.13. The van der Waals surface area contributed by atoms with Gasteiger partial charge in [-0.2, -0.15) is 0 Å². The first kappa shape index (κ1) is 29.0. The minimum absolute atomic E-state index is 0.710. The van der Waals surface area contributed by atoms with Crippen molar-refractivity contribution in [1.82, 2.24) is 15.0 Å². The summed E-state index contributed by atoms with van der Waals surface area (Å²) in [6, 6.07) is 60.8. The summed E-state index contributed by atoms with van der Waals surface area (Å²) >= 11 is 0. The van der Waals surface area contributed by atoms with Gasteiger partial charge in [0.15, 0.2) is 5.82 Å². The predicted octanol–water partition coefficient (Wildman–Crippen LogP) is 12.4. The molecule has 7 aromatic carbocycles. The number of hydrogen-bond acceptors (Lipinski definition) is 4. The number of para-hydroxylation sites is 1. The molecule has 0 saturated heterocycles. The van der Waals surface area contributed by atoms with Crippen molar-refractivity contribution in [1.29, 1.82) is 0 Å². The summed E-state index contributed by atoms with van der Waals surface area (Å²) in [5, 5.41) is 5.47. The van der Waals surface area contributed by atoms with Gasteiger partial charge >= 0.3 is 0 Å². The van der Waals surface area contributed by atoms with Crippen LogP contribution < -0.4 is 0 Å². The van der Waals surface area contributed by atoms with Gasteiger partial charge in [0.05, 0.1) is 28.0 Å². The first-order valence-corrected chi connectivity index (χ1v) is 17.1. The fourth-order valence-electron chi connectivity index (χ4n) is 7.08. The topological polar surface area (TPSA) is 51.8 Å². The van der Waals surface area contributed by atoms with Gasteiger partial charge in [-0.1, -0.05) is 152 Å². The van der Waals surface area contributed by atoms with Gasteiger partial charge in [-0.3, -0.25) is 0 Å². The monoisotopic (exact) mass is 651 g/mol. The highest BCUT2D eigenvalue weighted by molar-refractivity contribution is 6.20. The maximum absolute atomic E-state index is 6.53. The molecule has 0 saturated carbocycles. The third-order valence-corrected chi connectivity index (χ3v) is 9.67. The van der Waals surface area contributed by atoms with Crippen molar-refractivity contribution < 1.29 is 4.42 Å². The van der Waals surface area contributed by atoms with E-state index in [4.69, 9.17) is 19.4 Å². The predicted molar refractivity (Wildman–Crippen MR) is 209 cm³/mol. The van der Waals surface area contributed by atoms with Crippen LogP contribution in [0.2, 0.25) is 0 Å². The minimum atomic E-state index is 0.710. The Balaban J connectivity index is 1.03. The fraction of sp³-hybridized carbons (Fsp3) is 0. The molecular formula is C47H29N3O. The lowest BCUT2D eigenvalue weighted by Crippen LogP contribution is -1.95. The van der Waals surface area contributed by atoms with Crippen molar-refractivity contribution >= 4 is 43.6 Å². The van der Waals surface area contributed by atoms with E-state index in [1.165, 1.54) is 5.39 Å². The van der Waals surface area contributed by atoms with E-state index < -0.39 is 0 Å². The van der Waals surface area contributed by atoms with Crippen molar-refractivity contribution in [2.45, 2.75) is 0 Å². The van der Waals surface area contributed by atoms with Gasteiger partial charge in [-0.15, -0.1) is 0 Å². The molecule has 4 heteroatoms. The molecule has 0 unspecified atom stereocenters. The normalized spacial score (nSPS) is 11.5. The molecule has 0 fully saturated rings. The number of aromatic nitrogens is 3. The molecule has 0 aliphatic carbocycles. The molecule has 4 nitrogen and oxygen atoms in total. The zero-order valence-corrected chi connectivity index (χ0v) is 27.5. The lowest BCUT2D eigenvalue weighted by molar-refractivity contribution is 0.672. The second-order valence-electron chi connectivity index (χ2n) is 12.8. The maximum Gasteiger partial charge on any atom is 0.160 e. The Labute approximate surface area is 294 Å². The maximum atomic E-state index is 6.53. The highest BCUT2D eigenvalue weighted by atomic mass is 16.3. The summed E-state index contributed by atoms with van der Waals surface area (Å²) in [5.74, 6) is 0.710. The molecular weight excluding hydrogens is 623 g/mol. The molecule has 10 aromatic rings. The number of pyridine rings is 1. The smallest absolute Gasteiger partial charge is 0.160 e. The van der Waals surface area contributed by atoms with Crippen LogP contribution in [0.1, 0.15) is 0 Å². The van der Waals surface area contributed by atoms with Gasteiger partial charge in [0, 0.05) is 33.0 Å². The second kappa shape index (κ2) is 11.9. The Morgan fingerprint density at radius 1 is 0.373 bits per heavy atom. The van der Waals surface area contributed by atoms with Crippen LogP contribution in [-0.2, 0) is 0 Å². The molecule has 0 radical (unpaired) electrons. The molecule has 0 aliphatic heterocycles. The molecule has 0 N–H and O–H groups in total.